The highest BCUT2D eigenvalue weighted by Crippen LogP contribution is 2.35. The zero-order valence-corrected chi connectivity index (χ0v) is 22.4. The van der Waals surface area contributed by atoms with Gasteiger partial charge in [-0.2, -0.15) is 13.2 Å². The summed E-state index contributed by atoms with van der Waals surface area (Å²) in [6, 6.07) is 6.82. The fourth-order valence-electron chi connectivity index (χ4n) is 4.07. The lowest BCUT2D eigenvalue weighted by molar-refractivity contribution is -0.137. The number of carbonyl (C=O) groups is 2. The number of nitrogens with zero attached hydrogens (tertiary/aromatic N) is 1. The number of nitrogens with one attached hydrogen (secondary N) is 1. The van der Waals surface area contributed by atoms with E-state index in [9.17, 15) is 22.8 Å². The molecule has 0 saturated carbocycles. The van der Waals surface area contributed by atoms with Gasteiger partial charge in [-0.05, 0) is 54.3 Å². The van der Waals surface area contributed by atoms with Crippen molar-refractivity contribution in [2.24, 2.45) is 5.92 Å². The molecular weight excluding hydrogens is 505 g/mol. The van der Waals surface area contributed by atoms with Gasteiger partial charge < -0.3 is 15.0 Å². The van der Waals surface area contributed by atoms with Crippen molar-refractivity contribution in [3.05, 3.63) is 68.0 Å². The third kappa shape index (κ3) is 8.61. The number of carbonyl (C=O) groups excluding carboxylic acids is 2. The number of halogens is 4. The molecule has 1 atom stereocenters. The maximum absolute atomic E-state index is 13.1. The molecule has 2 aromatic carbocycles. The average Bonchev–Trinajstić information content (AvgIpc) is 2.83. The number of methoxy groups -OCH3 is 1. The second-order valence-corrected chi connectivity index (χ2v) is 9.46. The van der Waals surface area contributed by atoms with Crippen molar-refractivity contribution < 1.29 is 27.5 Å². The van der Waals surface area contributed by atoms with Crippen LogP contribution >= 0.6 is 11.6 Å². The van der Waals surface area contributed by atoms with Crippen LogP contribution in [0.4, 0.5) is 13.2 Å². The topological polar surface area (TPSA) is 58.6 Å². The van der Waals surface area contributed by atoms with E-state index in [1.807, 2.05) is 32.0 Å². The fraction of sp³-hybridized carbons (Fsp3) is 0.429. The molecule has 0 radical (unpaired) electrons. The molecule has 0 fully saturated rings. The molecule has 37 heavy (non-hydrogen) atoms. The first-order chi connectivity index (χ1) is 17.4. The summed E-state index contributed by atoms with van der Waals surface area (Å²) in [5, 5.41) is 4.02. The minimum atomic E-state index is -4.62. The molecule has 0 bridgehead atoms. The standard InChI is InChI=1S/C28H34ClF3N2O3/c1-6-20(8-12-26(35)21-9-11-25(29)24(15-21)28(30,31)32)16-34(4)17-23-18(2)7-10-22(19(23)3)27(36)33-13-14-37-5/h7,9-11,15,17,20H,2,6,8,12-14,16H2,1,3-5H3,(H,33,36)/b23-17+. The van der Waals surface area contributed by atoms with Crippen LogP contribution in [0.15, 0.2) is 30.3 Å². The molecule has 0 aliphatic rings. The van der Waals surface area contributed by atoms with E-state index < -0.39 is 16.8 Å². The number of ether oxygens (including phenoxy) is 1. The van der Waals surface area contributed by atoms with Crippen LogP contribution < -0.4 is 15.8 Å². The lowest BCUT2D eigenvalue weighted by Gasteiger charge is -2.22. The van der Waals surface area contributed by atoms with Crippen LogP contribution in [-0.2, 0) is 10.9 Å². The van der Waals surface area contributed by atoms with Crippen molar-refractivity contribution in [1.82, 2.24) is 10.2 Å². The van der Waals surface area contributed by atoms with Crippen molar-refractivity contribution in [3.63, 3.8) is 0 Å². The van der Waals surface area contributed by atoms with Crippen molar-refractivity contribution in [3.8, 4) is 0 Å². The first-order valence-electron chi connectivity index (χ1n) is 12.1. The molecule has 2 rings (SSSR count). The Kier molecular flexibility index (Phi) is 11.2. The molecule has 202 valence electrons. The summed E-state index contributed by atoms with van der Waals surface area (Å²) in [5.41, 5.74) is 0.363. The summed E-state index contributed by atoms with van der Waals surface area (Å²) in [7, 11) is 3.47. The normalized spacial score (nSPS) is 12.9. The molecule has 1 unspecified atom stereocenters. The van der Waals surface area contributed by atoms with Crippen molar-refractivity contribution in [2.75, 3.05) is 33.9 Å². The first kappa shape index (κ1) is 30.4. The van der Waals surface area contributed by atoms with Gasteiger partial charge in [0.05, 0.1) is 17.2 Å². The molecule has 5 nitrogen and oxygen atoms in total. The maximum Gasteiger partial charge on any atom is 0.417 e. The number of hydrogen-bond acceptors (Lipinski definition) is 4. The van der Waals surface area contributed by atoms with E-state index in [1.165, 1.54) is 6.07 Å². The molecule has 0 saturated heterocycles. The summed E-state index contributed by atoms with van der Waals surface area (Å²) >= 11 is 5.66. The quantitative estimate of drug-likeness (QED) is 0.311. The number of ketones is 1. The van der Waals surface area contributed by atoms with E-state index >= 15 is 0 Å². The zero-order valence-electron chi connectivity index (χ0n) is 21.7. The number of benzene rings is 2. The highest BCUT2D eigenvalue weighted by molar-refractivity contribution is 6.31. The molecule has 1 amide bonds. The van der Waals surface area contributed by atoms with E-state index in [-0.39, 0.29) is 29.6 Å². The Labute approximate surface area is 220 Å². The zero-order chi connectivity index (χ0) is 27.8. The van der Waals surface area contributed by atoms with E-state index in [0.29, 0.717) is 31.7 Å². The summed E-state index contributed by atoms with van der Waals surface area (Å²) in [6.45, 7) is 9.42. The van der Waals surface area contributed by atoms with Gasteiger partial charge in [0.15, 0.2) is 5.78 Å². The molecule has 0 aromatic heterocycles. The largest absolute Gasteiger partial charge is 0.417 e. The van der Waals surface area contributed by atoms with Gasteiger partial charge in [0.2, 0.25) is 0 Å². The summed E-state index contributed by atoms with van der Waals surface area (Å²) in [5.74, 6) is -0.406. The Balaban J connectivity index is 2.11. The predicted octanol–water partition coefficient (Wildman–Crippen LogP) is 4.81. The lowest BCUT2D eigenvalue weighted by atomic mass is 9.95. The number of hydrogen-bond donors (Lipinski definition) is 1. The van der Waals surface area contributed by atoms with Gasteiger partial charge in [-0.3, -0.25) is 9.59 Å². The minimum Gasteiger partial charge on any atom is -0.383 e. The lowest BCUT2D eigenvalue weighted by Crippen LogP contribution is -2.35. The minimum absolute atomic E-state index is 0.00408. The Morgan fingerprint density at radius 3 is 2.57 bits per heavy atom. The highest BCUT2D eigenvalue weighted by atomic mass is 35.5. The van der Waals surface area contributed by atoms with Gasteiger partial charge >= 0.3 is 6.18 Å². The van der Waals surface area contributed by atoms with E-state index in [1.54, 1.807) is 19.2 Å². The molecule has 2 aromatic rings. The van der Waals surface area contributed by atoms with Crippen LogP contribution in [0.25, 0.3) is 12.8 Å². The van der Waals surface area contributed by atoms with Crippen LogP contribution in [0, 0.1) is 12.8 Å². The molecule has 0 spiro atoms. The summed E-state index contributed by atoms with van der Waals surface area (Å²) in [6.07, 6.45) is -1.25. The van der Waals surface area contributed by atoms with Crippen molar-refractivity contribution in [2.45, 2.75) is 39.3 Å². The molecule has 0 aliphatic heterocycles. The third-order valence-electron chi connectivity index (χ3n) is 6.29. The van der Waals surface area contributed by atoms with Gasteiger partial charge in [0, 0.05) is 56.2 Å². The van der Waals surface area contributed by atoms with Crippen molar-refractivity contribution in [1.29, 1.82) is 0 Å². The van der Waals surface area contributed by atoms with Gasteiger partial charge in [0.25, 0.3) is 5.91 Å². The summed E-state index contributed by atoms with van der Waals surface area (Å²) < 4.78 is 44.4. The van der Waals surface area contributed by atoms with Gasteiger partial charge in [-0.15, -0.1) is 0 Å². The number of alkyl halides is 3. The third-order valence-corrected chi connectivity index (χ3v) is 6.62. The smallest absolute Gasteiger partial charge is 0.383 e. The first-order valence-corrected chi connectivity index (χ1v) is 12.4. The molecular formula is C28H34ClF3N2O3. The monoisotopic (exact) mass is 538 g/mol. The van der Waals surface area contributed by atoms with Gasteiger partial charge in [-0.1, -0.05) is 37.6 Å². The Bertz CT molecular complexity index is 1210. The Morgan fingerprint density at radius 1 is 1.24 bits per heavy atom. The van der Waals surface area contributed by atoms with Crippen LogP contribution in [-0.4, -0.2) is 50.4 Å². The highest BCUT2D eigenvalue weighted by Gasteiger charge is 2.33. The second kappa shape index (κ2) is 13.6. The Hall–Kier alpha value is -2.84. The number of amides is 1. The Morgan fingerprint density at radius 2 is 1.95 bits per heavy atom. The van der Waals surface area contributed by atoms with Crippen LogP contribution in [0.2, 0.25) is 5.02 Å². The predicted molar refractivity (Wildman–Crippen MR) is 141 cm³/mol. The molecule has 9 heteroatoms. The number of Topliss-reactive ketones (excluding diaryl/α,β-unsaturated/α-hetero) is 1. The SMILES string of the molecule is C=c1ccc(C(=O)NCCOC)c(C)/c1=C/N(C)CC(CC)CCC(=O)c1ccc(Cl)c(C(F)(F)F)c1. The fourth-order valence-corrected chi connectivity index (χ4v) is 4.30. The van der Waals surface area contributed by atoms with E-state index in [0.717, 1.165) is 34.6 Å². The average molecular weight is 539 g/mol. The summed E-state index contributed by atoms with van der Waals surface area (Å²) in [4.78, 5) is 27.2. The van der Waals surface area contributed by atoms with Crippen LogP contribution in [0.5, 0.6) is 0 Å². The van der Waals surface area contributed by atoms with E-state index in [2.05, 4.69) is 11.9 Å². The molecule has 1 N–H and O–H groups in total. The second-order valence-electron chi connectivity index (χ2n) is 9.06. The molecule has 0 heterocycles. The van der Waals surface area contributed by atoms with Gasteiger partial charge in [-0.25, -0.2) is 0 Å². The molecule has 0 aliphatic carbocycles. The maximum atomic E-state index is 13.1. The van der Waals surface area contributed by atoms with Crippen LogP contribution in [0.1, 0.15) is 58.0 Å². The number of rotatable bonds is 12. The van der Waals surface area contributed by atoms with E-state index in [4.69, 9.17) is 16.3 Å². The van der Waals surface area contributed by atoms with Crippen molar-refractivity contribution >= 4 is 36.1 Å². The van der Waals surface area contributed by atoms with Crippen LogP contribution in [0.3, 0.4) is 0 Å². The van der Waals surface area contributed by atoms with Gasteiger partial charge in [0.1, 0.15) is 0 Å².